The summed E-state index contributed by atoms with van der Waals surface area (Å²) in [6, 6.07) is 9.22. The quantitative estimate of drug-likeness (QED) is 0.327. The number of rotatable bonds is 7. The lowest BCUT2D eigenvalue weighted by molar-refractivity contribution is -0.137. The highest BCUT2D eigenvalue weighted by Crippen LogP contribution is 2.39. The van der Waals surface area contributed by atoms with Gasteiger partial charge >= 0.3 is 18.2 Å². The number of alkyl halides is 3. The molecule has 1 aliphatic heterocycles. The van der Waals surface area contributed by atoms with E-state index in [9.17, 15) is 22.8 Å². The Kier molecular flexibility index (Phi) is 8.38. The third kappa shape index (κ3) is 6.29. The third-order valence-corrected chi connectivity index (χ3v) is 6.72. The zero-order chi connectivity index (χ0) is 25.8. The van der Waals surface area contributed by atoms with Crippen molar-refractivity contribution >= 4 is 46.8 Å². The van der Waals surface area contributed by atoms with Gasteiger partial charge in [0.15, 0.2) is 0 Å². The number of esters is 1. The van der Waals surface area contributed by atoms with Crippen LogP contribution in [0.25, 0.3) is 0 Å². The molecule has 0 aliphatic carbocycles. The van der Waals surface area contributed by atoms with Crippen LogP contribution in [-0.4, -0.2) is 48.4 Å². The van der Waals surface area contributed by atoms with E-state index in [1.165, 1.54) is 36.4 Å². The number of ether oxygens (including phenoxy) is 1. The van der Waals surface area contributed by atoms with E-state index in [4.69, 9.17) is 11.6 Å². The van der Waals surface area contributed by atoms with Crippen LogP contribution in [0, 0.1) is 5.41 Å². The van der Waals surface area contributed by atoms with E-state index in [2.05, 4.69) is 15.2 Å². The number of nitrogens with one attached hydrogen (secondary N) is 1. The van der Waals surface area contributed by atoms with Crippen LogP contribution >= 0.6 is 23.4 Å². The van der Waals surface area contributed by atoms with Crippen LogP contribution in [0.3, 0.4) is 0 Å². The van der Waals surface area contributed by atoms with Gasteiger partial charge in [-0.2, -0.15) is 30.0 Å². The van der Waals surface area contributed by atoms with Crippen molar-refractivity contribution in [2.45, 2.75) is 25.9 Å². The number of benzene rings is 2. The van der Waals surface area contributed by atoms with Gasteiger partial charge in [-0.25, -0.2) is 14.6 Å². The summed E-state index contributed by atoms with van der Waals surface area (Å²) in [5.74, 6) is 0.405. The number of hydrogen-bond donors (Lipinski definition) is 1. The second kappa shape index (κ2) is 10.9. The second-order valence-corrected chi connectivity index (χ2v) is 9.75. The number of halogens is 4. The van der Waals surface area contributed by atoms with Gasteiger partial charge in [0.05, 0.1) is 35.5 Å². The van der Waals surface area contributed by atoms with E-state index in [1.54, 1.807) is 23.9 Å². The zero-order valence-electron chi connectivity index (χ0n) is 19.4. The van der Waals surface area contributed by atoms with Crippen LogP contribution in [0.15, 0.2) is 47.6 Å². The fraction of sp³-hybridized carbons (Fsp3) is 0.375. The molecule has 2 aromatic rings. The number of thioether (sulfide) groups is 1. The Hall–Kier alpha value is -2.72. The molecule has 11 heteroatoms. The van der Waals surface area contributed by atoms with Crippen molar-refractivity contribution in [3.63, 3.8) is 0 Å². The molecule has 1 atom stereocenters. The lowest BCUT2D eigenvalue weighted by Gasteiger charge is -2.26. The smallest absolute Gasteiger partial charge is 0.417 e. The first-order valence-electron chi connectivity index (χ1n) is 10.7. The Morgan fingerprint density at radius 1 is 1.23 bits per heavy atom. The molecule has 35 heavy (non-hydrogen) atoms. The molecule has 1 unspecified atom stereocenters. The van der Waals surface area contributed by atoms with E-state index in [1.807, 2.05) is 13.2 Å². The summed E-state index contributed by atoms with van der Waals surface area (Å²) in [5.41, 5.74) is 0.235. The summed E-state index contributed by atoms with van der Waals surface area (Å²) in [5, 5.41) is 8.08. The van der Waals surface area contributed by atoms with Crippen LogP contribution in [0.4, 0.5) is 23.7 Å². The fourth-order valence-corrected chi connectivity index (χ4v) is 4.62. The molecule has 0 aromatic heterocycles. The SMILES string of the molecule is COC(=O)c1ccc(NC(=O)N2CC(C)(CCCSC)C(c3ccc(C(F)(F)F)c(Cl)c3)=N2)cc1. The fourth-order valence-electron chi connectivity index (χ4n) is 3.90. The largest absolute Gasteiger partial charge is 0.465 e. The second-order valence-electron chi connectivity index (χ2n) is 8.35. The van der Waals surface area contributed by atoms with Crippen molar-refractivity contribution < 1.29 is 27.5 Å². The van der Waals surface area contributed by atoms with Gasteiger partial charge in [-0.05, 0) is 66.8 Å². The predicted molar refractivity (Wildman–Crippen MR) is 132 cm³/mol. The summed E-state index contributed by atoms with van der Waals surface area (Å²) in [7, 11) is 1.28. The van der Waals surface area contributed by atoms with E-state index < -0.39 is 34.2 Å². The Morgan fingerprint density at radius 2 is 1.91 bits per heavy atom. The van der Waals surface area contributed by atoms with Crippen molar-refractivity contribution in [1.29, 1.82) is 0 Å². The molecule has 2 aromatic carbocycles. The van der Waals surface area contributed by atoms with E-state index in [0.29, 0.717) is 28.9 Å². The molecule has 0 saturated heterocycles. The van der Waals surface area contributed by atoms with Crippen molar-refractivity contribution in [3.8, 4) is 0 Å². The third-order valence-electron chi connectivity index (χ3n) is 5.71. The van der Waals surface area contributed by atoms with Gasteiger partial charge in [0.2, 0.25) is 0 Å². The highest BCUT2D eigenvalue weighted by Gasteiger charge is 2.42. The lowest BCUT2D eigenvalue weighted by atomic mass is 9.78. The van der Waals surface area contributed by atoms with Crippen LogP contribution < -0.4 is 5.32 Å². The lowest BCUT2D eigenvalue weighted by Crippen LogP contribution is -2.35. The average molecular weight is 528 g/mol. The standard InChI is InChI=1S/C24H25ClF3N3O3S/c1-23(11-4-12-35-3)14-31(22(33)29-17-8-5-15(6-9-17)21(32)34-2)30-20(23)16-7-10-18(19(25)13-16)24(26,27)28/h5-10,13H,4,11-12,14H2,1-3H3,(H,29,33). The van der Waals surface area contributed by atoms with Gasteiger partial charge < -0.3 is 10.1 Å². The number of hydrazone groups is 1. The molecule has 1 N–H and O–H groups in total. The summed E-state index contributed by atoms with van der Waals surface area (Å²) in [6.07, 6.45) is -1.05. The van der Waals surface area contributed by atoms with Crippen molar-refractivity contribution in [3.05, 3.63) is 64.2 Å². The summed E-state index contributed by atoms with van der Waals surface area (Å²) in [4.78, 5) is 24.6. The van der Waals surface area contributed by atoms with Crippen LogP contribution in [-0.2, 0) is 10.9 Å². The molecule has 0 spiro atoms. The normalized spacial score (nSPS) is 17.8. The highest BCUT2D eigenvalue weighted by atomic mass is 35.5. The Morgan fingerprint density at radius 3 is 2.49 bits per heavy atom. The van der Waals surface area contributed by atoms with Gasteiger partial charge in [0.25, 0.3) is 0 Å². The first-order chi connectivity index (χ1) is 16.5. The van der Waals surface area contributed by atoms with Gasteiger partial charge in [-0.3, -0.25) is 0 Å². The average Bonchev–Trinajstić information content (AvgIpc) is 3.16. The number of nitrogens with zero attached hydrogens (tertiary/aromatic N) is 2. The monoisotopic (exact) mass is 527 g/mol. The predicted octanol–water partition coefficient (Wildman–Crippen LogP) is 6.55. The van der Waals surface area contributed by atoms with E-state index >= 15 is 0 Å². The number of methoxy groups -OCH3 is 1. The van der Waals surface area contributed by atoms with E-state index in [0.717, 1.165) is 18.2 Å². The minimum Gasteiger partial charge on any atom is -0.465 e. The maximum atomic E-state index is 13.2. The first-order valence-corrected chi connectivity index (χ1v) is 12.5. The molecular formula is C24H25ClF3N3O3S. The highest BCUT2D eigenvalue weighted by molar-refractivity contribution is 7.98. The minimum absolute atomic E-state index is 0.251. The summed E-state index contributed by atoms with van der Waals surface area (Å²) in [6.45, 7) is 2.19. The molecule has 188 valence electrons. The molecule has 2 amide bonds. The number of anilines is 1. The zero-order valence-corrected chi connectivity index (χ0v) is 21.0. The molecule has 3 rings (SSSR count). The van der Waals surface area contributed by atoms with Gasteiger partial charge in [0.1, 0.15) is 0 Å². The first kappa shape index (κ1) is 26.9. The molecule has 6 nitrogen and oxygen atoms in total. The summed E-state index contributed by atoms with van der Waals surface area (Å²) >= 11 is 7.65. The maximum absolute atomic E-state index is 13.2. The van der Waals surface area contributed by atoms with Gasteiger partial charge in [-0.15, -0.1) is 0 Å². The number of urea groups is 1. The topological polar surface area (TPSA) is 71.0 Å². The van der Waals surface area contributed by atoms with Crippen molar-refractivity contribution in [1.82, 2.24) is 5.01 Å². The van der Waals surface area contributed by atoms with E-state index in [-0.39, 0.29) is 6.54 Å². The van der Waals surface area contributed by atoms with Crippen molar-refractivity contribution in [2.24, 2.45) is 10.5 Å². The number of amides is 2. The van der Waals surface area contributed by atoms with Gasteiger partial charge in [0, 0.05) is 11.1 Å². The van der Waals surface area contributed by atoms with Gasteiger partial charge in [-0.1, -0.05) is 24.6 Å². The van der Waals surface area contributed by atoms with Crippen LogP contribution in [0.5, 0.6) is 0 Å². The number of hydrogen-bond acceptors (Lipinski definition) is 5. The molecule has 1 heterocycles. The minimum atomic E-state index is -4.57. The maximum Gasteiger partial charge on any atom is 0.417 e. The Balaban J connectivity index is 1.87. The number of carbonyl (C=O) groups excluding carboxylic acids is 2. The molecule has 0 radical (unpaired) electrons. The molecule has 1 aliphatic rings. The van der Waals surface area contributed by atoms with Crippen LogP contribution in [0.2, 0.25) is 5.02 Å². The van der Waals surface area contributed by atoms with Crippen molar-refractivity contribution in [2.75, 3.05) is 31.0 Å². The summed E-state index contributed by atoms with van der Waals surface area (Å²) < 4.78 is 44.2. The Labute approximate surface area is 210 Å². The molecular weight excluding hydrogens is 503 g/mol. The number of carbonyl (C=O) groups is 2. The molecule has 0 fully saturated rings. The van der Waals surface area contributed by atoms with Crippen LogP contribution in [0.1, 0.15) is 41.3 Å². The Bertz CT molecular complexity index is 1130. The molecule has 0 bridgehead atoms. The molecule has 0 saturated carbocycles.